The minimum Gasteiger partial charge on any atom is -0.343 e. The maximum absolute atomic E-state index is 12.9. The molecule has 0 radical (unpaired) electrons. The summed E-state index contributed by atoms with van der Waals surface area (Å²) in [6.45, 7) is 8.32. The Morgan fingerprint density at radius 3 is 2.21 bits per heavy atom. The van der Waals surface area contributed by atoms with Crippen LogP contribution in [0, 0.1) is 13.8 Å². The Morgan fingerprint density at radius 1 is 1.00 bits per heavy atom. The van der Waals surface area contributed by atoms with Gasteiger partial charge in [0.05, 0.1) is 6.04 Å². The lowest BCUT2D eigenvalue weighted by Crippen LogP contribution is -2.50. The smallest absolute Gasteiger partial charge is 0.252 e. The molecule has 0 saturated carbocycles. The summed E-state index contributed by atoms with van der Waals surface area (Å²) < 4.78 is 0. The number of amides is 1. The quantitative estimate of drug-likeness (QED) is 0.897. The van der Waals surface area contributed by atoms with Crippen LogP contribution < -0.4 is 5.32 Å². The van der Waals surface area contributed by atoms with Crippen molar-refractivity contribution >= 4 is 5.91 Å². The first-order valence-electron chi connectivity index (χ1n) is 8.34. The summed E-state index contributed by atoms with van der Waals surface area (Å²) in [6, 6.07) is 15.9. The predicted molar refractivity (Wildman–Crippen MR) is 100 cm³/mol. The summed E-state index contributed by atoms with van der Waals surface area (Å²) in [7, 11) is 4.08. The highest BCUT2D eigenvalue weighted by Crippen LogP contribution is 2.30. The molecule has 1 amide bonds. The molecule has 3 heteroatoms. The molecule has 128 valence electrons. The maximum atomic E-state index is 12.9. The van der Waals surface area contributed by atoms with Crippen molar-refractivity contribution in [2.75, 3.05) is 14.1 Å². The number of likely N-dealkylation sites (N-methyl/N-ethyl adjacent to an activating group) is 1. The number of aryl methyl sites for hydroxylation is 1. The molecule has 0 spiro atoms. The predicted octanol–water partition coefficient (Wildman–Crippen LogP) is 4.11. The lowest BCUT2D eigenvalue weighted by atomic mass is 9.87. The van der Waals surface area contributed by atoms with E-state index >= 15 is 0 Å². The zero-order valence-corrected chi connectivity index (χ0v) is 15.6. The van der Waals surface area contributed by atoms with Crippen LogP contribution in [0.5, 0.6) is 0 Å². The van der Waals surface area contributed by atoms with Crippen LogP contribution in [0.4, 0.5) is 0 Å². The summed E-state index contributed by atoms with van der Waals surface area (Å²) in [5.41, 5.74) is 3.78. The van der Waals surface area contributed by atoms with Gasteiger partial charge in [-0.15, -0.1) is 0 Å². The molecule has 0 aliphatic carbocycles. The number of hydrogen-bond donors (Lipinski definition) is 1. The van der Waals surface area contributed by atoms with Crippen molar-refractivity contribution in [3.8, 4) is 0 Å². The molecule has 2 aromatic rings. The Kier molecular flexibility index (Phi) is 5.45. The van der Waals surface area contributed by atoms with Crippen molar-refractivity contribution in [1.29, 1.82) is 0 Å². The van der Waals surface area contributed by atoms with Gasteiger partial charge in [0.1, 0.15) is 0 Å². The molecule has 0 fully saturated rings. The third-order valence-corrected chi connectivity index (χ3v) is 5.12. The number of nitrogens with one attached hydrogen (secondary N) is 1. The van der Waals surface area contributed by atoms with Crippen molar-refractivity contribution < 1.29 is 4.79 Å². The van der Waals surface area contributed by atoms with E-state index in [0.717, 1.165) is 22.3 Å². The lowest BCUT2D eigenvalue weighted by Gasteiger charge is -2.41. The largest absolute Gasteiger partial charge is 0.343 e. The standard InChI is InChI=1S/C21H28N2O/c1-15-11-10-14-18(16(15)2)20(24)22-19(21(3,4)23(5)6)17-12-8-7-9-13-17/h7-14,19H,1-6H3,(H,22,24). The fourth-order valence-corrected chi connectivity index (χ4v) is 2.78. The average molecular weight is 324 g/mol. The van der Waals surface area contributed by atoms with E-state index in [0.29, 0.717) is 0 Å². The molecule has 0 aromatic heterocycles. The van der Waals surface area contributed by atoms with Gasteiger partial charge in [0, 0.05) is 11.1 Å². The maximum Gasteiger partial charge on any atom is 0.252 e. The minimum atomic E-state index is -0.227. The van der Waals surface area contributed by atoms with E-state index in [1.165, 1.54) is 0 Å². The molecule has 3 nitrogen and oxygen atoms in total. The van der Waals surface area contributed by atoms with Gasteiger partial charge in [-0.1, -0.05) is 42.5 Å². The van der Waals surface area contributed by atoms with Crippen LogP contribution in [0.1, 0.15) is 46.9 Å². The van der Waals surface area contributed by atoms with Crippen molar-refractivity contribution in [3.63, 3.8) is 0 Å². The molecular weight excluding hydrogens is 296 g/mol. The SMILES string of the molecule is Cc1cccc(C(=O)NC(c2ccccc2)C(C)(C)N(C)C)c1C. The van der Waals surface area contributed by atoms with Crippen LogP contribution in [-0.2, 0) is 0 Å². The topological polar surface area (TPSA) is 32.3 Å². The van der Waals surface area contributed by atoms with Gasteiger partial charge < -0.3 is 10.2 Å². The van der Waals surface area contributed by atoms with Gasteiger partial charge in [-0.05, 0) is 64.5 Å². The van der Waals surface area contributed by atoms with Crippen LogP contribution in [0.25, 0.3) is 0 Å². The Morgan fingerprint density at radius 2 is 1.62 bits per heavy atom. The molecule has 0 aliphatic rings. The molecule has 0 heterocycles. The molecule has 1 N–H and O–H groups in total. The number of nitrogens with zero attached hydrogens (tertiary/aromatic N) is 1. The highest BCUT2D eigenvalue weighted by molar-refractivity contribution is 5.96. The Bertz CT molecular complexity index is 705. The molecule has 1 unspecified atom stereocenters. The molecule has 0 bridgehead atoms. The van der Waals surface area contributed by atoms with E-state index in [1.807, 2.05) is 64.3 Å². The van der Waals surface area contributed by atoms with Gasteiger partial charge in [0.25, 0.3) is 5.91 Å². The van der Waals surface area contributed by atoms with Gasteiger partial charge in [0.2, 0.25) is 0 Å². The Balaban J connectivity index is 2.39. The molecule has 0 saturated heterocycles. The fraction of sp³-hybridized carbons (Fsp3) is 0.381. The van der Waals surface area contributed by atoms with Gasteiger partial charge >= 0.3 is 0 Å². The van der Waals surface area contributed by atoms with Gasteiger partial charge in [-0.25, -0.2) is 0 Å². The Hall–Kier alpha value is -2.13. The number of carbonyl (C=O) groups is 1. The van der Waals surface area contributed by atoms with Crippen LogP contribution in [0.2, 0.25) is 0 Å². The van der Waals surface area contributed by atoms with E-state index in [-0.39, 0.29) is 17.5 Å². The first-order chi connectivity index (χ1) is 11.2. The van der Waals surface area contributed by atoms with Gasteiger partial charge in [-0.3, -0.25) is 4.79 Å². The minimum absolute atomic E-state index is 0.0278. The van der Waals surface area contributed by atoms with Crippen LogP contribution in [0.3, 0.4) is 0 Å². The third-order valence-electron chi connectivity index (χ3n) is 5.12. The van der Waals surface area contributed by atoms with Crippen molar-refractivity contribution in [2.45, 2.75) is 39.3 Å². The van der Waals surface area contributed by atoms with Gasteiger partial charge in [-0.2, -0.15) is 0 Å². The number of benzene rings is 2. The van der Waals surface area contributed by atoms with Crippen LogP contribution in [0.15, 0.2) is 48.5 Å². The number of hydrogen-bond acceptors (Lipinski definition) is 2. The zero-order chi connectivity index (χ0) is 17.9. The third kappa shape index (κ3) is 3.68. The average Bonchev–Trinajstić information content (AvgIpc) is 2.55. The first-order valence-corrected chi connectivity index (χ1v) is 8.34. The first kappa shape index (κ1) is 18.2. The second-order valence-electron chi connectivity index (χ2n) is 7.11. The number of carbonyl (C=O) groups excluding carboxylic acids is 1. The van der Waals surface area contributed by atoms with Crippen molar-refractivity contribution in [2.24, 2.45) is 0 Å². The zero-order valence-electron chi connectivity index (χ0n) is 15.6. The molecule has 0 aliphatic heterocycles. The summed E-state index contributed by atoms with van der Waals surface area (Å²) in [6.07, 6.45) is 0. The molecular formula is C21H28N2O. The molecule has 2 rings (SSSR count). The van der Waals surface area contributed by atoms with Crippen LogP contribution in [-0.4, -0.2) is 30.4 Å². The summed E-state index contributed by atoms with van der Waals surface area (Å²) >= 11 is 0. The molecule has 24 heavy (non-hydrogen) atoms. The van der Waals surface area contributed by atoms with Crippen LogP contribution >= 0.6 is 0 Å². The van der Waals surface area contributed by atoms with E-state index in [1.54, 1.807) is 0 Å². The number of rotatable bonds is 5. The summed E-state index contributed by atoms with van der Waals surface area (Å²) in [4.78, 5) is 15.1. The fourth-order valence-electron chi connectivity index (χ4n) is 2.78. The monoisotopic (exact) mass is 324 g/mol. The van der Waals surface area contributed by atoms with Gasteiger partial charge in [0.15, 0.2) is 0 Å². The molecule has 1 atom stereocenters. The highest BCUT2D eigenvalue weighted by Gasteiger charge is 2.34. The van der Waals surface area contributed by atoms with E-state index in [9.17, 15) is 4.79 Å². The van der Waals surface area contributed by atoms with E-state index in [2.05, 4.69) is 36.2 Å². The second-order valence-corrected chi connectivity index (χ2v) is 7.11. The Labute approximate surface area is 145 Å². The normalized spacial score (nSPS) is 13.0. The van der Waals surface area contributed by atoms with E-state index < -0.39 is 0 Å². The highest BCUT2D eigenvalue weighted by atomic mass is 16.1. The van der Waals surface area contributed by atoms with E-state index in [4.69, 9.17) is 0 Å². The summed E-state index contributed by atoms with van der Waals surface area (Å²) in [5.74, 6) is -0.0278. The second kappa shape index (κ2) is 7.18. The summed E-state index contributed by atoms with van der Waals surface area (Å²) in [5, 5.41) is 3.26. The molecule has 2 aromatic carbocycles. The van der Waals surface area contributed by atoms with Crippen molar-refractivity contribution in [1.82, 2.24) is 10.2 Å². The lowest BCUT2D eigenvalue weighted by molar-refractivity contribution is 0.0839. The van der Waals surface area contributed by atoms with Crippen molar-refractivity contribution in [3.05, 3.63) is 70.8 Å².